The molecule has 2 heterocycles. The molecule has 2 aliphatic heterocycles. The standard InChI is InChI=1S/C20H25FN2O/c1-20(2)8-7-17(18(10-20)13-3-5-14(21)6-4-13)19(24)23-12-15-9-16(23)11-22-15/h3-6,15-16,22H,7-12H2,1-2H3. The first kappa shape index (κ1) is 15.8. The summed E-state index contributed by atoms with van der Waals surface area (Å²) in [6.07, 6.45) is 3.80. The fourth-order valence-electron chi connectivity index (χ4n) is 4.43. The van der Waals surface area contributed by atoms with E-state index in [1.54, 1.807) is 0 Å². The van der Waals surface area contributed by atoms with Gasteiger partial charge in [-0.25, -0.2) is 4.39 Å². The summed E-state index contributed by atoms with van der Waals surface area (Å²) in [5, 5.41) is 3.45. The first-order valence-electron chi connectivity index (χ1n) is 8.95. The molecule has 1 aromatic carbocycles. The van der Waals surface area contributed by atoms with Gasteiger partial charge in [-0.3, -0.25) is 4.79 Å². The second-order valence-corrected chi connectivity index (χ2v) is 8.26. The van der Waals surface area contributed by atoms with Crippen molar-refractivity contribution < 1.29 is 9.18 Å². The van der Waals surface area contributed by atoms with Gasteiger partial charge in [-0.15, -0.1) is 0 Å². The fourth-order valence-corrected chi connectivity index (χ4v) is 4.43. The summed E-state index contributed by atoms with van der Waals surface area (Å²) in [5.41, 5.74) is 3.24. The van der Waals surface area contributed by atoms with Gasteiger partial charge in [0.05, 0.1) is 0 Å². The average Bonchev–Trinajstić information content (AvgIpc) is 3.17. The van der Waals surface area contributed by atoms with Gasteiger partial charge in [0.15, 0.2) is 0 Å². The van der Waals surface area contributed by atoms with E-state index < -0.39 is 0 Å². The van der Waals surface area contributed by atoms with Crippen LogP contribution in [0, 0.1) is 11.2 Å². The number of amides is 1. The number of hydrogen-bond acceptors (Lipinski definition) is 2. The SMILES string of the molecule is CC1(C)CCC(C(=O)N2CC3CC2CN3)=C(c2ccc(F)cc2)C1. The number of hydrogen-bond donors (Lipinski definition) is 1. The molecular weight excluding hydrogens is 303 g/mol. The maximum Gasteiger partial charge on any atom is 0.250 e. The van der Waals surface area contributed by atoms with E-state index in [4.69, 9.17) is 0 Å². The van der Waals surface area contributed by atoms with Crippen LogP contribution >= 0.6 is 0 Å². The lowest BCUT2D eigenvalue weighted by Gasteiger charge is -2.36. The molecule has 3 nitrogen and oxygen atoms in total. The summed E-state index contributed by atoms with van der Waals surface area (Å²) in [5.74, 6) is -0.0240. The van der Waals surface area contributed by atoms with Gasteiger partial charge in [-0.05, 0) is 54.4 Å². The van der Waals surface area contributed by atoms with Crippen molar-refractivity contribution in [2.45, 2.75) is 51.6 Å². The zero-order chi connectivity index (χ0) is 16.9. The minimum absolute atomic E-state index is 0.180. The van der Waals surface area contributed by atoms with Crippen molar-refractivity contribution in [1.82, 2.24) is 10.2 Å². The van der Waals surface area contributed by atoms with Gasteiger partial charge in [0.1, 0.15) is 5.82 Å². The Labute approximate surface area is 142 Å². The molecular formula is C20H25FN2O. The number of rotatable bonds is 2. The van der Waals surface area contributed by atoms with Crippen molar-refractivity contribution in [2.24, 2.45) is 5.41 Å². The Hall–Kier alpha value is -1.68. The summed E-state index contributed by atoms with van der Waals surface area (Å²) >= 11 is 0. The molecule has 0 spiro atoms. The summed E-state index contributed by atoms with van der Waals surface area (Å²) in [4.78, 5) is 15.3. The van der Waals surface area contributed by atoms with Crippen LogP contribution in [0.15, 0.2) is 29.8 Å². The van der Waals surface area contributed by atoms with Gasteiger partial charge >= 0.3 is 0 Å². The van der Waals surface area contributed by atoms with Gasteiger partial charge in [-0.2, -0.15) is 0 Å². The topological polar surface area (TPSA) is 32.3 Å². The molecule has 1 N–H and O–H groups in total. The third kappa shape index (κ3) is 2.77. The van der Waals surface area contributed by atoms with Crippen LogP contribution in [-0.2, 0) is 4.79 Å². The number of fused-ring (bicyclic) bond motifs is 2. The van der Waals surface area contributed by atoms with Crippen molar-refractivity contribution in [3.05, 3.63) is 41.2 Å². The molecule has 4 heteroatoms. The minimum atomic E-state index is -0.231. The normalized spacial score (nSPS) is 28.5. The predicted octanol–water partition coefficient (Wildman–Crippen LogP) is 3.36. The predicted molar refractivity (Wildman–Crippen MR) is 92.9 cm³/mol. The second-order valence-electron chi connectivity index (χ2n) is 8.26. The summed E-state index contributed by atoms with van der Waals surface area (Å²) in [6.45, 7) is 6.24. The summed E-state index contributed by atoms with van der Waals surface area (Å²) < 4.78 is 13.3. The van der Waals surface area contributed by atoms with Gasteiger partial charge < -0.3 is 10.2 Å². The number of nitrogens with zero attached hydrogens (tertiary/aromatic N) is 1. The first-order chi connectivity index (χ1) is 11.4. The largest absolute Gasteiger partial charge is 0.333 e. The highest BCUT2D eigenvalue weighted by Crippen LogP contribution is 2.44. The van der Waals surface area contributed by atoms with Crippen molar-refractivity contribution >= 4 is 11.5 Å². The van der Waals surface area contributed by atoms with Gasteiger partial charge in [0.2, 0.25) is 5.91 Å². The number of nitrogens with one attached hydrogen (secondary N) is 1. The second kappa shape index (κ2) is 5.69. The van der Waals surface area contributed by atoms with E-state index in [1.807, 2.05) is 12.1 Å². The minimum Gasteiger partial charge on any atom is -0.333 e. The molecule has 128 valence electrons. The molecule has 2 saturated heterocycles. The number of piperazine rings is 1. The highest BCUT2D eigenvalue weighted by atomic mass is 19.1. The highest BCUT2D eigenvalue weighted by Gasteiger charge is 2.42. The van der Waals surface area contributed by atoms with E-state index in [0.717, 1.165) is 55.5 Å². The average molecular weight is 328 g/mol. The number of allylic oxidation sites excluding steroid dienone is 1. The number of carbonyl (C=O) groups excluding carboxylic acids is 1. The number of benzene rings is 1. The smallest absolute Gasteiger partial charge is 0.250 e. The third-order valence-corrected chi connectivity index (χ3v) is 5.84. The molecule has 2 bridgehead atoms. The van der Waals surface area contributed by atoms with Crippen molar-refractivity contribution in [2.75, 3.05) is 13.1 Å². The van der Waals surface area contributed by atoms with E-state index in [9.17, 15) is 9.18 Å². The van der Waals surface area contributed by atoms with Crippen LogP contribution in [0.5, 0.6) is 0 Å². The maximum absolute atomic E-state index is 13.3. The van der Waals surface area contributed by atoms with Crippen molar-refractivity contribution in [3.63, 3.8) is 0 Å². The monoisotopic (exact) mass is 328 g/mol. The fraction of sp³-hybridized carbons (Fsp3) is 0.550. The zero-order valence-electron chi connectivity index (χ0n) is 14.4. The van der Waals surface area contributed by atoms with Gasteiger partial charge in [0.25, 0.3) is 0 Å². The molecule has 0 radical (unpaired) electrons. The lowest BCUT2D eigenvalue weighted by molar-refractivity contribution is -0.128. The van der Waals surface area contributed by atoms with E-state index >= 15 is 0 Å². The quantitative estimate of drug-likeness (QED) is 0.903. The lowest BCUT2D eigenvalue weighted by Crippen LogP contribution is -2.47. The molecule has 2 fully saturated rings. The molecule has 1 amide bonds. The lowest BCUT2D eigenvalue weighted by atomic mass is 9.72. The van der Waals surface area contributed by atoms with E-state index in [1.165, 1.54) is 12.1 Å². The Morgan fingerprint density at radius 2 is 2.04 bits per heavy atom. The van der Waals surface area contributed by atoms with E-state index in [0.29, 0.717) is 12.1 Å². The number of likely N-dealkylation sites (tertiary alicyclic amines) is 1. The first-order valence-corrected chi connectivity index (χ1v) is 8.95. The number of carbonyl (C=O) groups is 1. The van der Waals surface area contributed by atoms with Crippen LogP contribution in [0.2, 0.25) is 0 Å². The molecule has 1 aliphatic carbocycles. The zero-order valence-corrected chi connectivity index (χ0v) is 14.4. The maximum atomic E-state index is 13.3. The van der Waals surface area contributed by atoms with Crippen LogP contribution in [0.25, 0.3) is 5.57 Å². The van der Waals surface area contributed by atoms with Gasteiger partial charge in [0, 0.05) is 30.7 Å². The van der Waals surface area contributed by atoms with E-state index in [-0.39, 0.29) is 17.1 Å². The third-order valence-electron chi connectivity index (χ3n) is 5.84. The summed E-state index contributed by atoms with van der Waals surface area (Å²) in [6, 6.07) is 7.43. The molecule has 3 aliphatic rings. The Morgan fingerprint density at radius 1 is 1.29 bits per heavy atom. The molecule has 0 aromatic heterocycles. The molecule has 1 aromatic rings. The van der Waals surface area contributed by atoms with Crippen LogP contribution in [0.4, 0.5) is 4.39 Å². The molecule has 2 unspecified atom stereocenters. The highest BCUT2D eigenvalue weighted by molar-refractivity contribution is 6.02. The van der Waals surface area contributed by atoms with Crippen molar-refractivity contribution in [3.8, 4) is 0 Å². The summed E-state index contributed by atoms with van der Waals surface area (Å²) in [7, 11) is 0. The van der Waals surface area contributed by atoms with E-state index in [2.05, 4.69) is 24.1 Å². The van der Waals surface area contributed by atoms with Crippen molar-refractivity contribution in [1.29, 1.82) is 0 Å². The molecule has 2 atom stereocenters. The number of halogens is 1. The molecule has 0 saturated carbocycles. The Balaban J connectivity index is 1.70. The Bertz CT molecular complexity index is 692. The Morgan fingerprint density at radius 3 is 2.67 bits per heavy atom. The van der Waals surface area contributed by atoms with Crippen LogP contribution < -0.4 is 5.32 Å². The van der Waals surface area contributed by atoms with Crippen LogP contribution in [0.1, 0.15) is 45.1 Å². The van der Waals surface area contributed by atoms with Gasteiger partial charge in [-0.1, -0.05) is 26.0 Å². The van der Waals surface area contributed by atoms with Crippen LogP contribution in [-0.4, -0.2) is 36.0 Å². The van der Waals surface area contributed by atoms with Crippen LogP contribution in [0.3, 0.4) is 0 Å². The molecule has 4 rings (SSSR count). The Kier molecular flexibility index (Phi) is 3.75. The molecule has 24 heavy (non-hydrogen) atoms.